The highest BCUT2D eigenvalue weighted by molar-refractivity contribution is 6.31. The monoisotopic (exact) mass is 417 g/mol. The Morgan fingerprint density at radius 1 is 1.24 bits per heavy atom. The number of carbonyl (C=O) groups is 2. The molecule has 2 amide bonds. The first kappa shape index (κ1) is 21.3. The quantitative estimate of drug-likeness (QED) is 0.649. The van der Waals surface area contributed by atoms with Crippen LogP contribution in [0.15, 0.2) is 48.5 Å². The van der Waals surface area contributed by atoms with E-state index in [4.69, 9.17) is 11.6 Å². The Balaban J connectivity index is 1.51. The molecule has 7 heteroatoms. The molecule has 2 aromatic carbocycles. The fourth-order valence-electron chi connectivity index (χ4n) is 3.45. The van der Waals surface area contributed by atoms with Crippen molar-refractivity contribution in [3.05, 3.63) is 70.5 Å². The summed E-state index contributed by atoms with van der Waals surface area (Å²) in [6, 6.07) is 13.7. The Labute approximate surface area is 175 Å². The van der Waals surface area contributed by atoms with Crippen LogP contribution in [-0.2, 0) is 22.6 Å². The van der Waals surface area contributed by atoms with Crippen LogP contribution in [0.3, 0.4) is 0 Å². The van der Waals surface area contributed by atoms with E-state index in [9.17, 15) is 14.0 Å². The predicted octanol–water partition coefficient (Wildman–Crippen LogP) is 2.92. The van der Waals surface area contributed by atoms with Crippen LogP contribution in [0.4, 0.5) is 4.39 Å². The molecular formula is C22H25ClFN3O2. The third kappa shape index (κ3) is 6.27. The van der Waals surface area contributed by atoms with Crippen LogP contribution in [0.2, 0.25) is 5.02 Å². The smallest absolute Gasteiger partial charge is 0.237 e. The number of nitrogens with zero attached hydrogens (tertiary/aromatic N) is 1. The highest BCUT2D eigenvalue weighted by Gasteiger charge is 2.31. The first-order chi connectivity index (χ1) is 14.0. The zero-order valence-corrected chi connectivity index (χ0v) is 16.9. The number of hydrogen-bond donors (Lipinski definition) is 2. The summed E-state index contributed by atoms with van der Waals surface area (Å²) in [5.41, 5.74) is 1.96. The fourth-order valence-corrected chi connectivity index (χ4v) is 3.68. The lowest BCUT2D eigenvalue weighted by Crippen LogP contribution is -2.56. The fraction of sp³-hybridized carbons (Fsp3) is 0.364. The summed E-state index contributed by atoms with van der Waals surface area (Å²) < 4.78 is 13.3. The summed E-state index contributed by atoms with van der Waals surface area (Å²) in [5.74, 6) is -0.731. The van der Waals surface area contributed by atoms with Crippen LogP contribution in [0.25, 0.3) is 0 Å². The van der Waals surface area contributed by atoms with Gasteiger partial charge in [0.15, 0.2) is 0 Å². The maximum Gasteiger partial charge on any atom is 0.237 e. The average Bonchev–Trinajstić information content (AvgIpc) is 2.71. The van der Waals surface area contributed by atoms with Gasteiger partial charge in [0, 0.05) is 31.2 Å². The molecule has 3 rings (SSSR count). The molecule has 5 nitrogen and oxygen atoms in total. The van der Waals surface area contributed by atoms with Crippen molar-refractivity contribution in [2.45, 2.75) is 31.8 Å². The number of piperazine rings is 1. The molecule has 0 spiro atoms. The standard InChI is InChI=1S/C22H25ClFN3O2/c23-19-13-18(24)9-8-17(19)15-27-12-11-26-22(29)20(27)14-21(28)25-10-4-7-16-5-2-1-3-6-16/h1-3,5-6,8-9,13,20H,4,7,10-12,14-15H2,(H,25,28)(H,26,29). The van der Waals surface area contributed by atoms with Gasteiger partial charge >= 0.3 is 0 Å². The minimum Gasteiger partial charge on any atom is -0.356 e. The molecule has 1 unspecified atom stereocenters. The predicted molar refractivity (Wildman–Crippen MR) is 111 cm³/mol. The van der Waals surface area contributed by atoms with Crippen LogP contribution in [-0.4, -0.2) is 42.4 Å². The van der Waals surface area contributed by atoms with Crippen LogP contribution in [0, 0.1) is 5.82 Å². The lowest BCUT2D eigenvalue weighted by atomic mass is 10.1. The number of carbonyl (C=O) groups excluding carboxylic acids is 2. The summed E-state index contributed by atoms with van der Waals surface area (Å²) in [6.45, 7) is 2.06. The number of halogens is 2. The minimum absolute atomic E-state index is 0.0793. The molecule has 1 heterocycles. The van der Waals surface area contributed by atoms with Crippen LogP contribution < -0.4 is 10.6 Å². The maximum atomic E-state index is 13.3. The van der Waals surface area contributed by atoms with Crippen molar-refractivity contribution >= 4 is 23.4 Å². The zero-order chi connectivity index (χ0) is 20.6. The minimum atomic E-state index is -0.570. The van der Waals surface area contributed by atoms with Crippen molar-refractivity contribution in [3.8, 4) is 0 Å². The van der Waals surface area contributed by atoms with Gasteiger partial charge in [-0.25, -0.2) is 4.39 Å². The zero-order valence-electron chi connectivity index (χ0n) is 16.2. The third-order valence-electron chi connectivity index (χ3n) is 5.02. The van der Waals surface area contributed by atoms with E-state index in [0.29, 0.717) is 31.2 Å². The Hall–Kier alpha value is -2.44. The van der Waals surface area contributed by atoms with Gasteiger partial charge in [0.05, 0.1) is 12.5 Å². The molecule has 0 radical (unpaired) electrons. The van der Waals surface area contributed by atoms with Gasteiger partial charge in [-0.1, -0.05) is 48.0 Å². The molecule has 1 aliphatic rings. The van der Waals surface area contributed by atoms with Crippen LogP contribution >= 0.6 is 11.6 Å². The summed E-state index contributed by atoms with van der Waals surface area (Å²) >= 11 is 6.13. The summed E-state index contributed by atoms with van der Waals surface area (Å²) in [7, 11) is 0. The summed E-state index contributed by atoms with van der Waals surface area (Å²) in [4.78, 5) is 26.7. The van der Waals surface area contributed by atoms with Gasteiger partial charge in [0.2, 0.25) is 11.8 Å². The number of aryl methyl sites for hydroxylation is 1. The van der Waals surface area contributed by atoms with E-state index in [1.807, 2.05) is 23.1 Å². The molecule has 0 aliphatic carbocycles. The van der Waals surface area contributed by atoms with E-state index in [-0.39, 0.29) is 18.2 Å². The highest BCUT2D eigenvalue weighted by Crippen LogP contribution is 2.21. The van der Waals surface area contributed by atoms with E-state index in [0.717, 1.165) is 18.4 Å². The first-order valence-electron chi connectivity index (χ1n) is 9.79. The molecule has 1 atom stereocenters. The van der Waals surface area contributed by atoms with E-state index in [1.54, 1.807) is 6.07 Å². The highest BCUT2D eigenvalue weighted by atomic mass is 35.5. The van der Waals surface area contributed by atoms with Gasteiger partial charge in [0.25, 0.3) is 0 Å². The Morgan fingerprint density at radius 2 is 2.03 bits per heavy atom. The average molecular weight is 418 g/mol. The van der Waals surface area contributed by atoms with Crippen LogP contribution in [0.5, 0.6) is 0 Å². The van der Waals surface area contributed by atoms with Gasteiger partial charge in [-0.15, -0.1) is 0 Å². The maximum absolute atomic E-state index is 13.3. The summed E-state index contributed by atoms with van der Waals surface area (Å²) in [5, 5.41) is 6.03. The van der Waals surface area contributed by atoms with Crippen molar-refractivity contribution in [3.63, 3.8) is 0 Å². The van der Waals surface area contributed by atoms with Gasteiger partial charge in [-0.3, -0.25) is 14.5 Å². The third-order valence-corrected chi connectivity index (χ3v) is 5.37. The van der Waals surface area contributed by atoms with Gasteiger partial charge < -0.3 is 10.6 Å². The molecule has 1 fully saturated rings. The Morgan fingerprint density at radius 3 is 2.79 bits per heavy atom. The van der Waals surface area contributed by atoms with E-state index >= 15 is 0 Å². The normalized spacial score (nSPS) is 17.0. The van der Waals surface area contributed by atoms with E-state index in [1.165, 1.54) is 17.7 Å². The molecule has 2 N–H and O–H groups in total. The molecular weight excluding hydrogens is 393 g/mol. The first-order valence-corrected chi connectivity index (χ1v) is 10.2. The molecule has 0 aromatic heterocycles. The molecule has 2 aromatic rings. The lowest BCUT2D eigenvalue weighted by molar-refractivity contribution is -0.134. The van der Waals surface area contributed by atoms with Crippen LogP contribution in [0.1, 0.15) is 24.0 Å². The number of rotatable bonds is 8. The largest absolute Gasteiger partial charge is 0.356 e. The second-order valence-electron chi connectivity index (χ2n) is 7.16. The second-order valence-corrected chi connectivity index (χ2v) is 7.56. The topological polar surface area (TPSA) is 61.4 Å². The van der Waals surface area contributed by atoms with Crippen molar-refractivity contribution in [1.82, 2.24) is 15.5 Å². The Kier molecular flexibility index (Phi) is 7.61. The van der Waals surface area contributed by atoms with E-state index in [2.05, 4.69) is 22.8 Å². The number of nitrogens with one attached hydrogen (secondary N) is 2. The number of hydrogen-bond acceptors (Lipinski definition) is 3. The van der Waals surface area contributed by atoms with Gasteiger partial charge in [0.1, 0.15) is 5.82 Å². The van der Waals surface area contributed by atoms with Crippen molar-refractivity contribution < 1.29 is 14.0 Å². The Bertz CT molecular complexity index is 847. The van der Waals surface area contributed by atoms with Crippen molar-refractivity contribution in [2.24, 2.45) is 0 Å². The molecule has 1 aliphatic heterocycles. The number of amides is 2. The second kappa shape index (κ2) is 10.4. The van der Waals surface area contributed by atoms with Crippen molar-refractivity contribution in [2.75, 3.05) is 19.6 Å². The lowest BCUT2D eigenvalue weighted by Gasteiger charge is -2.34. The van der Waals surface area contributed by atoms with Crippen molar-refractivity contribution in [1.29, 1.82) is 0 Å². The molecule has 1 saturated heterocycles. The SMILES string of the molecule is O=C(CC1C(=O)NCCN1Cc1ccc(F)cc1Cl)NCCCc1ccccc1. The molecule has 0 bridgehead atoms. The number of benzene rings is 2. The molecule has 29 heavy (non-hydrogen) atoms. The van der Waals surface area contributed by atoms with E-state index < -0.39 is 11.9 Å². The summed E-state index contributed by atoms with van der Waals surface area (Å²) in [6.07, 6.45) is 1.80. The molecule has 154 valence electrons. The molecule has 0 saturated carbocycles. The van der Waals surface area contributed by atoms with Gasteiger partial charge in [-0.05, 0) is 36.1 Å². The van der Waals surface area contributed by atoms with Gasteiger partial charge in [-0.2, -0.15) is 0 Å².